The molecule has 1 aliphatic rings. The van der Waals surface area contributed by atoms with Gasteiger partial charge in [-0.1, -0.05) is 44.4 Å². The molecule has 1 heterocycles. The third kappa shape index (κ3) is 7.31. The zero-order valence-corrected chi connectivity index (χ0v) is 21.9. The molecule has 0 saturated carbocycles. The molecule has 6 heteroatoms. The highest BCUT2D eigenvalue weighted by Crippen LogP contribution is 2.30. The number of carbonyl (C=O) groups is 1. The number of benzene rings is 2. The lowest BCUT2D eigenvalue weighted by Gasteiger charge is -2.29. The maximum absolute atomic E-state index is 11.6. The summed E-state index contributed by atoms with van der Waals surface area (Å²) in [5, 5.41) is 16.3. The number of nitrogens with zero attached hydrogens (tertiary/aromatic N) is 2. The maximum atomic E-state index is 11.6. The number of anilines is 2. The van der Waals surface area contributed by atoms with Gasteiger partial charge in [-0.15, -0.1) is 0 Å². The second-order valence-corrected chi connectivity index (χ2v) is 9.40. The average molecular weight is 489 g/mol. The van der Waals surface area contributed by atoms with E-state index in [4.69, 9.17) is 0 Å². The van der Waals surface area contributed by atoms with Gasteiger partial charge in [0.2, 0.25) is 0 Å². The van der Waals surface area contributed by atoms with Crippen molar-refractivity contribution >= 4 is 24.1 Å². The Hall–Kier alpha value is -3.38. The molecule has 2 aromatic rings. The first-order valence-corrected chi connectivity index (χ1v) is 12.9. The summed E-state index contributed by atoms with van der Waals surface area (Å²) in [6, 6.07) is 15.7. The van der Waals surface area contributed by atoms with E-state index >= 15 is 0 Å². The van der Waals surface area contributed by atoms with Crippen molar-refractivity contribution in [1.29, 1.82) is 0 Å². The first kappa shape index (κ1) is 27.2. The van der Waals surface area contributed by atoms with Gasteiger partial charge in [0, 0.05) is 42.9 Å². The lowest BCUT2D eigenvalue weighted by molar-refractivity contribution is -0.132. The summed E-state index contributed by atoms with van der Waals surface area (Å²) in [5.74, 6) is -0.992. The van der Waals surface area contributed by atoms with Crippen LogP contribution in [-0.4, -0.2) is 37.9 Å². The number of nitrogens with one attached hydrogen (secondary N) is 2. The molecule has 0 bridgehead atoms. The van der Waals surface area contributed by atoms with Crippen LogP contribution in [-0.2, 0) is 17.6 Å². The highest BCUT2D eigenvalue weighted by molar-refractivity contribution is 5.90. The largest absolute Gasteiger partial charge is 0.478 e. The van der Waals surface area contributed by atoms with Crippen molar-refractivity contribution in [1.82, 2.24) is 10.6 Å². The minimum absolute atomic E-state index is 0.103. The molecule has 3 N–H and O–H groups in total. The lowest BCUT2D eigenvalue weighted by Crippen LogP contribution is -2.36. The molecule has 0 radical (unpaired) electrons. The Balaban J connectivity index is 1.68. The van der Waals surface area contributed by atoms with E-state index in [0.29, 0.717) is 12.2 Å². The summed E-state index contributed by atoms with van der Waals surface area (Å²) >= 11 is 0. The molecule has 36 heavy (non-hydrogen) atoms. The Morgan fingerprint density at radius 3 is 2.64 bits per heavy atom. The highest BCUT2D eigenvalue weighted by atomic mass is 16.4. The number of carboxylic acid groups (broad SMARTS) is 1. The summed E-state index contributed by atoms with van der Waals surface area (Å²) in [6.45, 7) is 8.87. The third-order valence-electron chi connectivity index (χ3n) is 6.87. The molecule has 1 atom stereocenters. The molecule has 0 amide bonds. The molecule has 0 aliphatic carbocycles. The Labute approximate surface area is 215 Å². The smallest absolute Gasteiger partial charge is 0.337 e. The molecular formula is C30H40N4O2. The fraction of sp³-hybridized carbons (Fsp3) is 0.400. The van der Waals surface area contributed by atoms with Gasteiger partial charge in [0.05, 0.1) is 5.57 Å². The van der Waals surface area contributed by atoms with Gasteiger partial charge in [0.25, 0.3) is 0 Å². The van der Waals surface area contributed by atoms with Crippen molar-refractivity contribution in [3.63, 3.8) is 0 Å². The average Bonchev–Trinajstić information content (AvgIpc) is 2.89. The van der Waals surface area contributed by atoms with Crippen LogP contribution >= 0.6 is 0 Å². The molecule has 192 valence electrons. The van der Waals surface area contributed by atoms with Gasteiger partial charge in [-0.2, -0.15) is 0 Å². The molecule has 6 nitrogen and oxygen atoms in total. The summed E-state index contributed by atoms with van der Waals surface area (Å²) in [5.41, 5.74) is 7.12. The number of allylic oxidation sites excluding steroid dienone is 1. The van der Waals surface area contributed by atoms with E-state index in [0.717, 1.165) is 19.4 Å². The van der Waals surface area contributed by atoms with Crippen LogP contribution in [0.15, 0.2) is 71.0 Å². The third-order valence-corrected chi connectivity index (χ3v) is 6.87. The number of carboxylic acids is 1. The summed E-state index contributed by atoms with van der Waals surface area (Å²) in [6.07, 6.45) is 10.1. The minimum Gasteiger partial charge on any atom is -0.478 e. The van der Waals surface area contributed by atoms with E-state index in [1.807, 2.05) is 0 Å². The fourth-order valence-corrected chi connectivity index (χ4v) is 4.66. The van der Waals surface area contributed by atoms with Crippen LogP contribution in [0.25, 0.3) is 0 Å². The summed E-state index contributed by atoms with van der Waals surface area (Å²) in [7, 11) is 2.12. The van der Waals surface area contributed by atoms with Gasteiger partial charge in [-0.25, -0.2) is 4.79 Å². The fourth-order valence-electron chi connectivity index (χ4n) is 4.66. The number of fused-ring (bicyclic) bond motifs is 1. The van der Waals surface area contributed by atoms with Gasteiger partial charge in [0.1, 0.15) is 0 Å². The van der Waals surface area contributed by atoms with E-state index < -0.39 is 5.97 Å². The quantitative estimate of drug-likeness (QED) is 0.141. The van der Waals surface area contributed by atoms with Gasteiger partial charge >= 0.3 is 5.97 Å². The minimum atomic E-state index is -0.992. The molecule has 0 fully saturated rings. The highest BCUT2D eigenvalue weighted by Gasteiger charge is 2.21. The normalized spacial score (nSPS) is 15.8. The number of unbranched alkanes of at least 4 members (excludes halogenated alkanes) is 3. The molecule has 3 rings (SSSR count). The molecule has 0 unspecified atom stereocenters. The summed E-state index contributed by atoms with van der Waals surface area (Å²) < 4.78 is 0. The number of rotatable bonds is 13. The first-order valence-electron chi connectivity index (χ1n) is 12.9. The Morgan fingerprint density at radius 2 is 1.94 bits per heavy atom. The SMILES string of the molecule is C=N/C=C\C(C(=O)O)=C(/C)NC[C@H]1NCCc2cc(N(C)c3ccc(CCCCCC)cc3)ccc21. The van der Waals surface area contributed by atoms with Crippen LogP contribution in [0.5, 0.6) is 0 Å². The first-order chi connectivity index (χ1) is 17.4. The number of aryl methyl sites for hydroxylation is 1. The monoisotopic (exact) mass is 488 g/mol. The number of hydrogen-bond acceptors (Lipinski definition) is 5. The van der Waals surface area contributed by atoms with E-state index in [9.17, 15) is 9.90 Å². The second-order valence-electron chi connectivity index (χ2n) is 9.40. The molecule has 0 saturated heterocycles. The maximum Gasteiger partial charge on any atom is 0.337 e. The zero-order chi connectivity index (χ0) is 25.9. The second kappa shape index (κ2) is 13.6. The van der Waals surface area contributed by atoms with Crippen molar-refractivity contribution in [3.8, 4) is 0 Å². The van der Waals surface area contributed by atoms with E-state index in [1.165, 1.54) is 66.0 Å². The van der Waals surface area contributed by atoms with Gasteiger partial charge < -0.3 is 20.6 Å². The predicted molar refractivity (Wildman–Crippen MR) is 150 cm³/mol. The van der Waals surface area contributed by atoms with Crippen LogP contribution < -0.4 is 15.5 Å². The molecule has 0 spiro atoms. The van der Waals surface area contributed by atoms with Crippen molar-refractivity contribution in [3.05, 3.63) is 82.7 Å². The van der Waals surface area contributed by atoms with Gasteiger partial charge in [-0.3, -0.25) is 4.99 Å². The number of hydrogen-bond donors (Lipinski definition) is 3. The topological polar surface area (TPSA) is 77.0 Å². The van der Waals surface area contributed by atoms with E-state index in [1.54, 1.807) is 6.92 Å². The number of aliphatic carboxylic acids is 1. The molecule has 1 aliphatic heterocycles. The van der Waals surface area contributed by atoms with Crippen molar-refractivity contribution < 1.29 is 9.90 Å². The standard InChI is InChI=1S/C30H40N4O2/c1-5-6-7-8-9-23-10-12-25(13-11-23)34(4)26-14-15-28-24(20-26)16-19-32-29(28)21-33-22(2)27(30(35)36)17-18-31-3/h10-15,17-18,20,29,32-33H,3,5-9,16,19,21H2,1-2,4H3,(H,35,36)/b18-17-,27-22-/t29-/m1/s1. The summed E-state index contributed by atoms with van der Waals surface area (Å²) in [4.78, 5) is 17.4. The van der Waals surface area contributed by atoms with Crippen molar-refractivity contribution in [2.24, 2.45) is 4.99 Å². The molecule has 2 aromatic carbocycles. The van der Waals surface area contributed by atoms with Crippen LogP contribution in [0.2, 0.25) is 0 Å². The predicted octanol–water partition coefficient (Wildman–Crippen LogP) is 5.93. The van der Waals surface area contributed by atoms with Gasteiger partial charge in [0.15, 0.2) is 0 Å². The number of aliphatic imine (C=N–C) groups is 1. The Kier molecular flexibility index (Phi) is 10.3. The van der Waals surface area contributed by atoms with Crippen molar-refractivity contribution in [2.75, 3.05) is 25.0 Å². The molecule has 0 aromatic heterocycles. The zero-order valence-electron chi connectivity index (χ0n) is 21.9. The Morgan fingerprint density at radius 1 is 1.19 bits per heavy atom. The Bertz CT molecular complexity index is 1090. The van der Waals surface area contributed by atoms with Crippen LogP contribution in [0.3, 0.4) is 0 Å². The van der Waals surface area contributed by atoms with Crippen LogP contribution in [0.1, 0.15) is 62.3 Å². The lowest BCUT2D eigenvalue weighted by atomic mass is 9.93. The van der Waals surface area contributed by atoms with Crippen LogP contribution in [0, 0.1) is 0 Å². The van der Waals surface area contributed by atoms with E-state index in [-0.39, 0.29) is 11.6 Å². The van der Waals surface area contributed by atoms with Crippen LogP contribution in [0.4, 0.5) is 11.4 Å². The molecular weight excluding hydrogens is 448 g/mol. The van der Waals surface area contributed by atoms with Crippen molar-refractivity contribution in [2.45, 2.75) is 58.4 Å². The van der Waals surface area contributed by atoms with Gasteiger partial charge in [-0.05, 0) is 86.5 Å². The van der Waals surface area contributed by atoms with E-state index in [2.05, 4.69) is 83.7 Å².